The molecule has 2 aliphatic heterocycles. The smallest absolute Gasteiger partial charge is 0.169 e. The van der Waals surface area contributed by atoms with Crippen molar-refractivity contribution in [1.82, 2.24) is 30.1 Å². The van der Waals surface area contributed by atoms with Crippen molar-refractivity contribution in [3.05, 3.63) is 70.7 Å². The van der Waals surface area contributed by atoms with Gasteiger partial charge in [-0.05, 0) is 92.2 Å². The van der Waals surface area contributed by atoms with Crippen molar-refractivity contribution in [1.29, 1.82) is 0 Å². The first-order chi connectivity index (χ1) is 18.6. The van der Waals surface area contributed by atoms with Crippen molar-refractivity contribution in [2.24, 2.45) is 0 Å². The summed E-state index contributed by atoms with van der Waals surface area (Å²) in [6, 6.07) is 16.7. The second-order valence-corrected chi connectivity index (χ2v) is 11.1. The molecule has 5 aromatic rings. The topological polar surface area (TPSA) is 86.9 Å². The lowest BCUT2D eigenvalue weighted by Gasteiger charge is -2.23. The van der Waals surface area contributed by atoms with E-state index in [4.69, 9.17) is 9.84 Å². The van der Waals surface area contributed by atoms with Crippen LogP contribution in [0.25, 0.3) is 38.4 Å². The van der Waals surface area contributed by atoms with Crippen molar-refractivity contribution < 1.29 is 9.53 Å². The summed E-state index contributed by atoms with van der Waals surface area (Å²) in [5.74, 6) is 0.0832. The maximum Gasteiger partial charge on any atom is 0.169 e. The predicted molar refractivity (Wildman–Crippen MR) is 148 cm³/mol. The van der Waals surface area contributed by atoms with E-state index in [-0.39, 0.29) is 12.0 Å². The Morgan fingerprint density at radius 1 is 1.11 bits per heavy atom. The third-order valence-corrected chi connectivity index (χ3v) is 8.68. The molecular formula is C29H28N6O2S. The molecule has 1 unspecified atom stereocenters. The van der Waals surface area contributed by atoms with E-state index in [1.54, 1.807) is 6.92 Å². The van der Waals surface area contributed by atoms with Gasteiger partial charge in [-0.2, -0.15) is 5.10 Å². The molecule has 1 fully saturated rings. The summed E-state index contributed by atoms with van der Waals surface area (Å²) in [4.78, 5) is 13.7. The molecule has 0 aliphatic carbocycles. The Bertz CT molecular complexity index is 1660. The fraction of sp³-hybridized carbons (Fsp3) is 0.310. The summed E-state index contributed by atoms with van der Waals surface area (Å²) in [5.41, 5.74) is 7.24. The minimum absolute atomic E-state index is 0.0832. The lowest BCUT2D eigenvalue weighted by molar-refractivity contribution is -0.0365. The highest BCUT2D eigenvalue weighted by Crippen LogP contribution is 2.36. The lowest BCUT2D eigenvalue weighted by Crippen LogP contribution is -2.23. The van der Waals surface area contributed by atoms with Crippen LogP contribution in [0.15, 0.2) is 54.7 Å². The van der Waals surface area contributed by atoms with Gasteiger partial charge in [-0.25, -0.2) is 9.36 Å². The van der Waals surface area contributed by atoms with E-state index < -0.39 is 0 Å². The number of nitrogens with zero attached hydrogens (tertiary/aromatic N) is 5. The van der Waals surface area contributed by atoms with Gasteiger partial charge in [0.2, 0.25) is 0 Å². The van der Waals surface area contributed by atoms with Crippen LogP contribution in [-0.4, -0.2) is 43.7 Å². The van der Waals surface area contributed by atoms with Crippen LogP contribution in [0.1, 0.15) is 53.2 Å². The molecule has 1 atom stereocenters. The highest BCUT2D eigenvalue weighted by molar-refractivity contribution is 7.17. The standard InChI is InChI=1S/C29H28N6O2S/c1-18(36)26-9-10-27(38-26)20-6-8-25-23(15-20)29(32-35(25)28-4-2-3-13-37-28)24-17-34(33-31-24)22-7-5-19-11-12-30-16-21(19)14-22/h5-10,14-15,17,28,30H,2-4,11-13,16H2,1H3. The number of ketones is 1. The van der Waals surface area contributed by atoms with Gasteiger partial charge in [0.25, 0.3) is 0 Å². The average molecular weight is 525 g/mol. The van der Waals surface area contributed by atoms with Crippen LogP contribution in [0.2, 0.25) is 0 Å². The van der Waals surface area contributed by atoms with E-state index in [1.807, 2.05) is 27.7 Å². The Morgan fingerprint density at radius 3 is 2.89 bits per heavy atom. The maximum absolute atomic E-state index is 11.9. The number of rotatable bonds is 5. The predicted octanol–water partition coefficient (Wildman–Crippen LogP) is 5.56. The zero-order valence-corrected chi connectivity index (χ0v) is 22.0. The van der Waals surface area contributed by atoms with Crippen molar-refractivity contribution in [3.8, 4) is 27.5 Å². The monoisotopic (exact) mass is 524 g/mol. The molecular weight excluding hydrogens is 496 g/mol. The van der Waals surface area contributed by atoms with Crippen LogP contribution in [0, 0.1) is 0 Å². The number of thiophene rings is 1. The zero-order valence-electron chi connectivity index (χ0n) is 21.2. The minimum Gasteiger partial charge on any atom is -0.356 e. The molecule has 2 aromatic carbocycles. The number of ether oxygens (including phenoxy) is 1. The number of hydrogen-bond acceptors (Lipinski definition) is 7. The summed E-state index contributed by atoms with van der Waals surface area (Å²) < 4.78 is 9.95. The quantitative estimate of drug-likeness (QED) is 0.303. The molecule has 0 spiro atoms. The second kappa shape index (κ2) is 9.58. The fourth-order valence-corrected chi connectivity index (χ4v) is 6.31. The van der Waals surface area contributed by atoms with Crippen molar-refractivity contribution in [2.75, 3.05) is 13.2 Å². The van der Waals surface area contributed by atoms with Crippen molar-refractivity contribution in [2.45, 2.75) is 45.4 Å². The number of carbonyl (C=O) groups excluding carboxylic acids is 1. The largest absolute Gasteiger partial charge is 0.356 e. The summed E-state index contributed by atoms with van der Waals surface area (Å²) in [6.45, 7) is 4.24. The molecule has 8 nitrogen and oxygen atoms in total. The number of benzene rings is 2. The first kappa shape index (κ1) is 23.5. The molecule has 0 bridgehead atoms. The number of hydrogen-bond donors (Lipinski definition) is 1. The fourth-order valence-electron chi connectivity index (χ4n) is 5.41. The second-order valence-electron chi connectivity index (χ2n) is 9.99. The van der Waals surface area contributed by atoms with Crippen LogP contribution in [0.4, 0.5) is 0 Å². The van der Waals surface area contributed by atoms with Crippen LogP contribution >= 0.6 is 11.3 Å². The molecule has 2 aliphatic rings. The van der Waals surface area contributed by atoms with Gasteiger partial charge in [-0.1, -0.05) is 17.3 Å². The Balaban J connectivity index is 1.32. The molecule has 9 heteroatoms. The molecule has 38 heavy (non-hydrogen) atoms. The summed E-state index contributed by atoms with van der Waals surface area (Å²) in [6.07, 6.45) is 6.03. The van der Waals surface area contributed by atoms with Gasteiger partial charge in [0, 0.05) is 23.4 Å². The number of fused-ring (bicyclic) bond motifs is 2. The third-order valence-electron chi connectivity index (χ3n) is 7.45. The summed E-state index contributed by atoms with van der Waals surface area (Å²) in [7, 11) is 0. The first-order valence-electron chi connectivity index (χ1n) is 13.1. The summed E-state index contributed by atoms with van der Waals surface area (Å²) >= 11 is 1.51. The molecule has 5 heterocycles. The van der Waals surface area contributed by atoms with Crippen LogP contribution < -0.4 is 5.32 Å². The molecule has 0 saturated carbocycles. The molecule has 7 rings (SSSR count). The van der Waals surface area contributed by atoms with E-state index in [1.165, 1.54) is 22.5 Å². The van der Waals surface area contributed by atoms with Crippen LogP contribution in [0.5, 0.6) is 0 Å². The van der Waals surface area contributed by atoms with Gasteiger partial charge < -0.3 is 10.1 Å². The summed E-state index contributed by atoms with van der Waals surface area (Å²) in [5, 5.41) is 18.5. The molecule has 3 aromatic heterocycles. The van der Waals surface area contributed by atoms with Gasteiger partial charge in [0.15, 0.2) is 12.0 Å². The SMILES string of the molecule is CC(=O)c1ccc(-c2ccc3c(c2)c(-c2cn(-c4ccc5c(c4)CNCC5)nn2)nn3C2CCCCO2)s1. The molecule has 1 saturated heterocycles. The Labute approximate surface area is 224 Å². The molecule has 1 N–H and O–H groups in total. The molecule has 192 valence electrons. The lowest BCUT2D eigenvalue weighted by atomic mass is 10.0. The van der Waals surface area contributed by atoms with E-state index in [9.17, 15) is 4.79 Å². The normalized spacial score (nSPS) is 17.6. The van der Waals surface area contributed by atoms with Gasteiger partial charge in [0.05, 0.1) is 22.3 Å². The van der Waals surface area contributed by atoms with Crippen molar-refractivity contribution in [3.63, 3.8) is 0 Å². The van der Waals surface area contributed by atoms with Crippen molar-refractivity contribution >= 4 is 28.0 Å². The number of nitrogens with one attached hydrogen (secondary N) is 1. The average Bonchev–Trinajstić information content (AvgIpc) is 3.72. The van der Waals surface area contributed by atoms with Crippen LogP contribution in [-0.2, 0) is 17.7 Å². The van der Waals surface area contributed by atoms with E-state index in [0.717, 1.165) is 83.0 Å². The van der Waals surface area contributed by atoms with Gasteiger partial charge in [-0.15, -0.1) is 16.4 Å². The Morgan fingerprint density at radius 2 is 2.05 bits per heavy atom. The van der Waals surface area contributed by atoms with Gasteiger partial charge >= 0.3 is 0 Å². The Hall–Kier alpha value is -3.66. The number of carbonyl (C=O) groups is 1. The van der Waals surface area contributed by atoms with E-state index >= 15 is 0 Å². The number of aromatic nitrogens is 5. The van der Waals surface area contributed by atoms with E-state index in [0.29, 0.717) is 5.69 Å². The first-order valence-corrected chi connectivity index (χ1v) is 14.0. The number of Topliss-reactive ketones (excluding diaryl/α,β-unsaturated/α-hetero) is 1. The van der Waals surface area contributed by atoms with Gasteiger partial charge in [-0.3, -0.25) is 4.79 Å². The molecule has 0 amide bonds. The highest BCUT2D eigenvalue weighted by atomic mass is 32.1. The van der Waals surface area contributed by atoms with Gasteiger partial charge in [0.1, 0.15) is 11.4 Å². The van der Waals surface area contributed by atoms with E-state index in [2.05, 4.69) is 52.0 Å². The minimum atomic E-state index is -0.0971. The Kier molecular flexibility index (Phi) is 5.91. The third kappa shape index (κ3) is 4.16. The molecule has 0 radical (unpaired) electrons. The zero-order chi connectivity index (χ0) is 25.6. The highest BCUT2D eigenvalue weighted by Gasteiger charge is 2.24. The maximum atomic E-state index is 11.9. The van der Waals surface area contributed by atoms with Crippen LogP contribution in [0.3, 0.4) is 0 Å².